The van der Waals surface area contributed by atoms with Gasteiger partial charge in [0.1, 0.15) is 12.8 Å². The summed E-state index contributed by atoms with van der Waals surface area (Å²) < 4.78 is 21.2. The summed E-state index contributed by atoms with van der Waals surface area (Å²) in [5.41, 5.74) is 1.09. The molecule has 27 heavy (non-hydrogen) atoms. The molecule has 1 fully saturated rings. The van der Waals surface area contributed by atoms with Gasteiger partial charge in [-0.15, -0.1) is 0 Å². The van der Waals surface area contributed by atoms with Gasteiger partial charge >= 0.3 is 12.1 Å². The van der Waals surface area contributed by atoms with E-state index < -0.39 is 12.1 Å². The predicted molar refractivity (Wildman–Crippen MR) is 98.9 cm³/mol. The summed E-state index contributed by atoms with van der Waals surface area (Å²) in [5, 5.41) is 0. The van der Waals surface area contributed by atoms with Crippen LogP contribution in [0.4, 0.5) is 4.79 Å². The maximum absolute atomic E-state index is 12.3. The van der Waals surface area contributed by atoms with Gasteiger partial charge in [-0.05, 0) is 38.2 Å². The van der Waals surface area contributed by atoms with E-state index in [-0.39, 0.29) is 31.9 Å². The number of esters is 1. The van der Waals surface area contributed by atoms with Crippen molar-refractivity contribution in [3.63, 3.8) is 0 Å². The normalized spacial score (nSPS) is 19.1. The fourth-order valence-corrected chi connectivity index (χ4v) is 3.20. The number of likely N-dealkylation sites (tertiary alicyclic amines) is 1. The molecular weight excluding hydrogens is 350 g/mol. The Hall–Kier alpha value is -2.12. The number of rotatable bonds is 10. The van der Waals surface area contributed by atoms with E-state index in [4.69, 9.17) is 18.9 Å². The SMILES string of the molecule is CCOC(=O)C1C(CCOCOCc2ccccc2)CCN1C(=O)OCC. The Morgan fingerprint density at radius 1 is 1.07 bits per heavy atom. The third-order valence-corrected chi connectivity index (χ3v) is 4.46. The first-order valence-electron chi connectivity index (χ1n) is 9.46. The van der Waals surface area contributed by atoms with Gasteiger partial charge in [-0.2, -0.15) is 0 Å². The molecule has 1 aliphatic rings. The highest BCUT2D eigenvalue weighted by molar-refractivity contribution is 5.82. The Morgan fingerprint density at radius 3 is 2.52 bits per heavy atom. The monoisotopic (exact) mass is 379 g/mol. The molecular formula is C20H29NO6. The lowest BCUT2D eigenvalue weighted by molar-refractivity contribution is -0.149. The molecule has 150 valence electrons. The molecule has 1 aliphatic heterocycles. The molecule has 0 aromatic heterocycles. The zero-order valence-electron chi connectivity index (χ0n) is 16.1. The first-order chi connectivity index (χ1) is 13.2. The van der Waals surface area contributed by atoms with Crippen LogP contribution >= 0.6 is 0 Å². The van der Waals surface area contributed by atoms with E-state index >= 15 is 0 Å². The Bertz CT molecular complexity index is 579. The van der Waals surface area contributed by atoms with Crippen LogP contribution in [0.5, 0.6) is 0 Å². The second kappa shape index (κ2) is 11.6. The summed E-state index contributed by atoms with van der Waals surface area (Å²) in [4.78, 5) is 25.9. The summed E-state index contributed by atoms with van der Waals surface area (Å²) in [6, 6.07) is 9.26. The van der Waals surface area contributed by atoms with Crippen molar-refractivity contribution in [2.75, 3.05) is 33.2 Å². The van der Waals surface area contributed by atoms with E-state index in [9.17, 15) is 9.59 Å². The summed E-state index contributed by atoms with van der Waals surface area (Å²) >= 11 is 0. The average Bonchev–Trinajstić information content (AvgIpc) is 3.10. The molecule has 1 amide bonds. The van der Waals surface area contributed by atoms with Gasteiger partial charge in [0.05, 0.1) is 19.8 Å². The standard InChI is InChI=1S/C20H29NO6/c1-3-26-19(22)18-17(10-12-21(18)20(23)27-4-2)11-13-24-15-25-14-16-8-6-5-7-9-16/h5-9,17-18H,3-4,10-15H2,1-2H3. The summed E-state index contributed by atoms with van der Waals surface area (Å²) in [6.07, 6.45) is 0.898. The van der Waals surface area contributed by atoms with Crippen LogP contribution in [0.1, 0.15) is 32.3 Å². The number of carbonyl (C=O) groups excluding carboxylic acids is 2. The van der Waals surface area contributed by atoms with Gasteiger partial charge in [-0.1, -0.05) is 30.3 Å². The highest BCUT2D eigenvalue weighted by atomic mass is 16.7. The van der Waals surface area contributed by atoms with Crippen molar-refractivity contribution in [2.45, 2.75) is 39.3 Å². The summed E-state index contributed by atoms with van der Waals surface area (Å²) in [7, 11) is 0. The quantitative estimate of drug-likeness (QED) is 0.353. The van der Waals surface area contributed by atoms with Crippen molar-refractivity contribution in [3.8, 4) is 0 Å². The lowest BCUT2D eigenvalue weighted by Crippen LogP contribution is -2.44. The fraction of sp³-hybridized carbons (Fsp3) is 0.600. The van der Waals surface area contributed by atoms with Crippen LogP contribution in [0.2, 0.25) is 0 Å². The molecule has 7 heteroatoms. The average molecular weight is 379 g/mol. The van der Waals surface area contributed by atoms with E-state index in [0.717, 1.165) is 12.0 Å². The topological polar surface area (TPSA) is 74.3 Å². The maximum Gasteiger partial charge on any atom is 0.410 e. The number of hydrogen-bond acceptors (Lipinski definition) is 6. The van der Waals surface area contributed by atoms with Crippen molar-refractivity contribution in [2.24, 2.45) is 5.92 Å². The predicted octanol–water partition coefficient (Wildman–Crippen LogP) is 2.98. The van der Waals surface area contributed by atoms with Crippen molar-refractivity contribution in [1.82, 2.24) is 4.90 Å². The second-order valence-corrected chi connectivity index (χ2v) is 6.29. The molecule has 2 atom stereocenters. The van der Waals surface area contributed by atoms with Gasteiger partial charge in [-0.25, -0.2) is 9.59 Å². The minimum atomic E-state index is -0.613. The first kappa shape index (κ1) is 21.2. The minimum absolute atomic E-state index is 0.0115. The van der Waals surface area contributed by atoms with Gasteiger partial charge in [-0.3, -0.25) is 4.90 Å². The molecule has 1 aromatic rings. The molecule has 2 unspecified atom stereocenters. The van der Waals surface area contributed by atoms with E-state index in [1.165, 1.54) is 4.90 Å². The summed E-state index contributed by atoms with van der Waals surface area (Å²) in [6.45, 7) is 5.67. The lowest BCUT2D eigenvalue weighted by Gasteiger charge is -2.25. The highest BCUT2D eigenvalue weighted by Gasteiger charge is 2.43. The molecule has 2 rings (SSSR count). The van der Waals surface area contributed by atoms with E-state index in [0.29, 0.717) is 26.2 Å². The molecule has 0 spiro atoms. The zero-order valence-corrected chi connectivity index (χ0v) is 16.1. The molecule has 1 aromatic carbocycles. The third kappa shape index (κ3) is 6.52. The molecule has 1 saturated heterocycles. The van der Waals surface area contributed by atoms with Gasteiger partial charge in [0, 0.05) is 13.2 Å². The zero-order chi connectivity index (χ0) is 19.5. The number of carbonyl (C=O) groups is 2. The number of ether oxygens (including phenoxy) is 4. The number of nitrogens with zero attached hydrogens (tertiary/aromatic N) is 1. The van der Waals surface area contributed by atoms with Crippen LogP contribution in [-0.4, -0.2) is 56.2 Å². The Balaban J connectivity index is 1.76. The number of amides is 1. The van der Waals surface area contributed by atoms with E-state index in [2.05, 4.69) is 0 Å². The maximum atomic E-state index is 12.3. The van der Waals surface area contributed by atoms with Crippen LogP contribution in [0, 0.1) is 5.92 Å². The van der Waals surface area contributed by atoms with Crippen molar-refractivity contribution >= 4 is 12.1 Å². The highest BCUT2D eigenvalue weighted by Crippen LogP contribution is 2.29. The molecule has 0 radical (unpaired) electrons. The second-order valence-electron chi connectivity index (χ2n) is 6.29. The van der Waals surface area contributed by atoms with Crippen LogP contribution in [0.15, 0.2) is 30.3 Å². The number of hydrogen-bond donors (Lipinski definition) is 0. The fourth-order valence-electron chi connectivity index (χ4n) is 3.20. The third-order valence-electron chi connectivity index (χ3n) is 4.46. The van der Waals surface area contributed by atoms with E-state index in [1.807, 2.05) is 30.3 Å². The van der Waals surface area contributed by atoms with Gasteiger partial charge in [0.2, 0.25) is 0 Å². The number of benzene rings is 1. The molecule has 1 heterocycles. The minimum Gasteiger partial charge on any atom is -0.464 e. The molecule has 0 saturated carbocycles. The van der Waals surface area contributed by atoms with Gasteiger partial charge in [0.25, 0.3) is 0 Å². The Labute approximate surface area is 160 Å². The Kier molecular flexibility index (Phi) is 9.07. The van der Waals surface area contributed by atoms with E-state index in [1.54, 1.807) is 13.8 Å². The van der Waals surface area contributed by atoms with Crippen molar-refractivity contribution < 1.29 is 28.5 Å². The van der Waals surface area contributed by atoms with Crippen LogP contribution in [0.25, 0.3) is 0 Å². The molecule has 0 aliphatic carbocycles. The van der Waals surface area contributed by atoms with Crippen LogP contribution in [0.3, 0.4) is 0 Å². The smallest absolute Gasteiger partial charge is 0.410 e. The van der Waals surface area contributed by atoms with Crippen LogP contribution < -0.4 is 0 Å². The Morgan fingerprint density at radius 2 is 1.81 bits per heavy atom. The first-order valence-corrected chi connectivity index (χ1v) is 9.46. The van der Waals surface area contributed by atoms with Crippen LogP contribution in [-0.2, 0) is 30.3 Å². The largest absolute Gasteiger partial charge is 0.464 e. The van der Waals surface area contributed by atoms with Crippen molar-refractivity contribution in [3.05, 3.63) is 35.9 Å². The summed E-state index contributed by atoms with van der Waals surface area (Å²) in [5.74, 6) is -0.393. The van der Waals surface area contributed by atoms with Gasteiger partial charge < -0.3 is 18.9 Å². The molecule has 0 bridgehead atoms. The van der Waals surface area contributed by atoms with Gasteiger partial charge in [0.15, 0.2) is 0 Å². The molecule has 7 nitrogen and oxygen atoms in total. The molecule has 0 N–H and O–H groups in total. The lowest BCUT2D eigenvalue weighted by atomic mass is 9.97. The van der Waals surface area contributed by atoms with Crippen molar-refractivity contribution in [1.29, 1.82) is 0 Å².